The molecule has 0 bridgehead atoms. The molecule has 0 saturated carbocycles. The molecular formula is C31H29NO4. The third-order valence-corrected chi connectivity index (χ3v) is 6.32. The zero-order chi connectivity index (χ0) is 24.7. The number of allylic oxidation sites excluding steroid dienone is 2. The number of aromatic nitrogens is 1. The van der Waals surface area contributed by atoms with Gasteiger partial charge in [-0.1, -0.05) is 78.9 Å². The van der Waals surface area contributed by atoms with Crippen LogP contribution in [-0.4, -0.2) is 24.2 Å². The van der Waals surface area contributed by atoms with Gasteiger partial charge in [0.05, 0.1) is 6.61 Å². The van der Waals surface area contributed by atoms with Gasteiger partial charge in [0.15, 0.2) is 12.4 Å². The fraction of sp³-hybridized carbons (Fsp3) is 0.226. The van der Waals surface area contributed by atoms with Crippen molar-refractivity contribution in [1.82, 2.24) is 4.98 Å². The van der Waals surface area contributed by atoms with Crippen LogP contribution in [0.2, 0.25) is 0 Å². The molecule has 36 heavy (non-hydrogen) atoms. The first-order valence-corrected chi connectivity index (χ1v) is 12.4. The van der Waals surface area contributed by atoms with E-state index in [1.807, 2.05) is 54.6 Å². The van der Waals surface area contributed by atoms with Crippen LogP contribution in [0.3, 0.4) is 0 Å². The summed E-state index contributed by atoms with van der Waals surface area (Å²) in [7, 11) is 0. The normalized spacial score (nSPS) is 14.9. The molecule has 0 N–H and O–H groups in total. The molecule has 1 aromatic heterocycles. The van der Waals surface area contributed by atoms with E-state index in [2.05, 4.69) is 36.4 Å². The number of benzene rings is 3. The van der Waals surface area contributed by atoms with Gasteiger partial charge in [-0.25, -0.2) is 9.78 Å². The molecule has 3 aromatic carbocycles. The standard InChI is InChI=1S/C31H29NO4/c1-2-34-28(33)21-35-26-17-9-11-22(20-26)19-25-16-10-18-27(25)31-32-29(23-12-5-3-6-13-23)30(36-31)24-14-7-4-8-15-24/h3-9,11-15,17-18,20,25H,2,10,16,19,21H2,1H3. The van der Waals surface area contributed by atoms with E-state index in [0.29, 0.717) is 18.2 Å². The lowest BCUT2D eigenvalue weighted by Gasteiger charge is -2.14. The van der Waals surface area contributed by atoms with E-state index < -0.39 is 0 Å². The highest BCUT2D eigenvalue weighted by molar-refractivity contribution is 5.79. The summed E-state index contributed by atoms with van der Waals surface area (Å²) < 4.78 is 17.0. The monoisotopic (exact) mass is 479 g/mol. The SMILES string of the molecule is CCOC(=O)COc1cccc(CC2CCC=C2c2nc(-c3ccccc3)c(-c3ccccc3)o2)c1. The van der Waals surface area contributed by atoms with Crippen molar-refractivity contribution in [3.8, 4) is 28.3 Å². The number of ether oxygens (including phenoxy) is 2. The number of hydrogen-bond acceptors (Lipinski definition) is 5. The Labute approximate surface area is 211 Å². The number of esters is 1. The van der Waals surface area contributed by atoms with Gasteiger partial charge < -0.3 is 13.9 Å². The molecule has 182 valence electrons. The molecule has 0 amide bonds. The Morgan fingerprint density at radius 3 is 2.47 bits per heavy atom. The van der Waals surface area contributed by atoms with Gasteiger partial charge in [0.2, 0.25) is 5.89 Å². The Bertz CT molecular complexity index is 1280. The lowest BCUT2D eigenvalue weighted by atomic mass is 9.93. The summed E-state index contributed by atoms with van der Waals surface area (Å²) in [5.41, 5.74) is 5.20. The number of carbonyl (C=O) groups excluding carboxylic acids is 1. The fourth-order valence-electron chi connectivity index (χ4n) is 4.65. The minimum Gasteiger partial charge on any atom is -0.482 e. The van der Waals surface area contributed by atoms with Gasteiger partial charge >= 0.3 is 5.97 Å². The van der Waals surface area contributed by atoms with Crippen molar-refractivity contribution in [2.75, 3.05) is 13.2 Å². The summed E-state index contributed by atoms with van der Waals surface area (Å²) in [6.07, 6.45) is 5.11. The Balaban J connectivity index is 1.39. The van der Waals surface area contributed by atoms with Gasteiger partial charge in [0.25, 0.3) is 0 Å². The molecule has 4 aromatic rings. The molecule has 0 spiro atoms. The first kappa shape index (κ1) is 23.6. The Hall–Kier alpha value is -4.12. The molecule has 0 aliphatic heterocycles. The minimum absolute atomic E-state index is 0.0906. The number of nitrogens with zero attached hydrogens (tertiary/aromatic N) is 1. The molecule has 5 heteroatoms. The predicted molar refractivity (Wildman–Crippen MR) is 140 cm³/mol. The average Bonchev–Trinajstić information content (AvgIpc) is 3.56. The number of carbonyl (C=O) groups is 1. The van der Waals surface area contributed by atoms with E-state index in [-0.39, 0.29) is 18.5 Å². The van der Waals surface area contributed by atoms with Crippen LogP contribution >= 0.6 is 0 Å². The highest BCUT2D eigenvalue weighted by Gasteiger charge is 2.27. The molecule has 1 unspecified atom stereocenters. The predicted octanol–water partition coefficient (Wildman–Crippen LogP) is 6.99. The zero-order valence-electron chi connectivity index (χ0n) is 20.4. The van der Waals surface area contributed by atoms with E-state index in [1.165, 1.54) is 0 Å². The van der Waals surface area contributed by atoms with Crippen LogP contribution < -0.4 is 4.74 Å². The van der Waals surface area contributed by atoms with Crippen molar-refractivity contribution in [1.29, 1.82) is 0 Å². The summed E-state index contributed by atoms with van der Waals surface area (Å²) in [6, 6.07) is 28.2. The second kappa shape index (κ2) is 11.1. The van der Waals surface area contributed by atoms with Crippen LogP contribution in [0.4, 0.5) is 0 Å². The van der Waals surface area contributed by atoms with Gasteiger partial charge in [-0.15, -0.1) is 0 Å². The number of oxazole rings is 1. The molecule has 0 fully saturated rings. The highest BCUT2D eigenvalue weighted by atomic mass is 16.6. The second-order valence-corrected chi connectivity index (χ2v) is 8.81. The Morgan fingerprint density at radius 2 is 1.72 bits per heavy atom. The Kier molecular flexibility index (Phi) is 7.27. The maximum atomic E-state index is 11.6. The lowest BCUT2D eigenvalue weighted by Crippen LogP contribution is -2.14. The third-order valence-electron chi connectivity index (χ3n) is 6.32. The van der Waals surface area contributed by atoms with Gasteiger partial charge in [-0.05, 0) is 49.8 Å². The van der Waals surface area contributed by atoms with Crippen molar-refractivity contribution >= 4 is 11.5 Å². The molecule has 1 aliphatic rings. The molecule has 0 radical (unpaired) electrons. The summed E-state index contributed by atoms with van der Waals surface area (Å²) >= 11 is 0. The molecule has 0 saturated heterocycles. The topological polar surface area (TPSA) is 61.6 Å². The molecule has 1 heterocycles. The largest absolute Gasteiger partial charge is 0.482 e. The Morgan fingerprint density at radius 1 is 0.972 bits per heavy atom. The maximum Gasteiger partial charge on any atom is 0.344 e. The van der Waals surface area contributed by atoms with Crippen molar-refractivity contribution in [2.45, 2.75) is 26.2 Å². The van der Waals surface area contributed by atoms with Crippen LogP contribution in [0.1, 0.15) is 31.2 Å². The maximum absolute atomic E-state index is 11.6. The van der Waals surface area contributed by atoms with E-state index >= 15 is 0 Å². The summed E-state index contributed by atoms with van der Waals surface area (Å²) in [4.78, 5) is 16.6. The van der Waals surface area contributed by atoms with Gasteiger partial charge in [0, 0.05) is 16.7 Å². The van der Waals surface area contributed by atoms with Crippen LogP contribution in [0, 0.1) is 5.92 Å². The van der Waals surface area contributed by atoms with Crippen LogP contribution in [0.25, 0.3) is 28.2 Å². The molecule has 1 aliphatic carbocycles. The molecule has 5 nitrogen and oxygen atoms in total. The number of hydrogen-bond donors (Lipinski definition) is 0. The van der Waals surface area contributed by atoms with E-state index in [1.54, 1.807) is 6.92 Å². The first-order chi connectivity index (χ1) is 17.7. The average molecular weight is 480 g/mol. The summed E-state index contributed by atoms with van der Waals surface area (Å²) in [5.74, 6) is 2.06. The van der Waals surface area contributed by atoms with Crippen molar-refractivity contribution in [3.63, 3.8) is 0 Å². The number of rotatable bonds is 9. The second-order valence-electron chi connectivity index (χ2n) is 8.81. The quantitative estimate of drug-likeness (QED) is 0.242. The van der Waals surface area contributed by atoms with E-state index in [9.17, 15) is 4.79 Å². The zero-order valence-corrected chi connectivity index (χ0v) is 20.4. The van der Waals surface area contributed by atoms with E-state index in [0.717, 1.165) is 53.0 Å². The van der Waals surface area contributed by atoms with Crippen molar-refractivity contribution in [3.05, 3.63) is 102 Å². The minimum atomic E-state index is -0.365. The summed E-state index contributed by atoms with van der Waals surface area (Å²) in [5, 5.41) is 0. The highest BCUT2D eigenvalue weighted by Crippen LogP contribution is 2.40. The van der Waals surface area contributed by atoms with Gasteiger partial charge in [0.1, 0.15) is 11.4 Å². The van der Waals surface area contributed by atoms with Crippen LogP contribution in [0.15, 0.2) is 95.4 Å². The lowest BCUT2D eigenvalue weighted by molar-refractivity contribution is -0.145. The fourth-order valence-corrected chi connectivity index (χ4v) is 4.65. The van der Waals surface area contributed by atoms with Gasteiger partial charge in [-0.2, -0.15) is 0 Å². The van der Waals surface area contributed by atoms with Gasteiger partial charge in [-0.3, -0.25) is 0 Å². The smallest absolute Gasteiger partial charge is 0.344 e. The van der Waals surface area contributed by atoms with Crippen LogP contribution in [-0.2, 0) is 16.0 Å². The van der Waals surface area contributed by atoms with Crippen LogP contribution in [0.5, 0.6) is 5.75 Å². The molecular weight excluding hydrogens is 450 g/mol. The summed E-state index contributed by atoms with van der Waals surface area (Å²) in [6.45, 7) is 2.04. The third kappa shape index (κ3) is 5.41. The first-order valence-electron chi connectivity index (χ1n) is 12.4. The molecule has 5 rings (SSSR count). The van der Waals surface area contributed by atoms with E-state index in [4.69, 9.17) is 18.9 Å². The molecule has 1 atom stereocenters. The van der Waals surface area contributed by atoms with Crippen molar-refractivity contribution < 1.29 is 18.7 Å². The van der Waals surface area contributed by atoms with Crippen molar-refractivity contribution in [2.24, 2.45) is 5.92 Å².